The van der Waals surface area contributed by atoms with Crippen molar-refractivity contribution in [2.75, 3.05) is 39.0 Å². The fourth-order valence-electron chi connectivity index (χ4n) is 3.51. The maximum Gasteiger partial charge on any atom is 0.223 e. The number of piperidine rings is 2. The van der Waals surface area contributed by atoms with Crippen molar-refractivity contribution in [1.29, 1.82) is 0 Å². The predicted octanol–water partition coefficient (Wildman–Crippen LogP) is -1.28. The maximum absolute atomic E-state index is 12.2. The molecule has 0 aromatic rings. The van der Waals surface area contributed by atoms with E-state index < -0.39 is 10.0 Å². The van der Waals surface area contributed by atoms with Crippen molar-refractivity contribution in [3.8, 4) is 0 Å². The van der Waals surface area contributed by atoms with Crippen LogP contribution in [0.15, 0.2) is 0 Å². The minimum Gasteiger partial charge on any atom is -0.342 e. The Morgan fingerprint density at radius 1 is 1.39 bits per heavy atom. The van der Waals surface area contributed by atoms with Gasteiger partial charge in [0.25, 0.3) is 0 Å². The normalized spacial score (nSPS) is 25.4. The molecule has 0 aromatic heterocycles. The van der Waals surface area contributed by atoms with Crippen LogP contribution in [-0.4, -0.2) is 75.1 Å². The second-order valence-electron chi connectivity index (χ2n) is 6.29. The molecule has 0 unspecified atom stereocenters. The molecule has 0 spiro atoms. The van der Waals surface area contributed by atoms with Gasteiger partial charge < -0.3 is 15.5 Å². The number of sulfonamides is 1. The second-order valence-corrected chi connectivity index (χ2v) is 8.12. The van der Waals surface area contributed by atoms with Crippen molar-refractivity contribution >= 4 is 21.8 Å². The van der Waals surface area contributed by atoms with Crippen LogP contribution < -0.4 is 10.5 Å². The van der Waals surface area contributed by atoms with Crippen LogP contribution in [0.3, 0.4) is 0 Å². The number of hydrogen-bond acceptors (Lipinski definition) is 5. The summed E-state index contributed by atoms with van der Waals surface area (Å²) in [6.45, 7) is 2.39. The zero-order chi connectivity index (χ0) is 17.0. The molecule has 0 aliphatic carbocycles. The third kappa shape index (κ3) is 4.89. The summed E-state index contributed by atoms with van der Waals surface area (Å²) in [6.07, 6.45) is 3.32. The molecule has 2 aliphatic heterocycles. The minimum absolute atomic E-state index is 0.0399. The molecule has 23 heavy (non-hydrogen) atoms. The Kier molecular flexibility index (Phi) is 5.99. The lowest BCUT2D eigenvalue weighted by Crippen LogP contribution is -2.57. The molecule has 2 fully saturated rings. The first-order valence-electron chi connectivity index (χ1n) is 8.04. The smallest absolute Gasteiger partial charge is 0.223 e. The monoisotopic (exact) mass is 346 g/mol. The highest BCUT2D eigenvalue weighted by Crippen LogP contribution is 2.31. The number of amides is 2. The van der Waals surface area contributed by atoms with Gasteiger partial charge in [-0.15, -0.1) is 0 Å². The molecule has 2 rings (SSSR count). The number of carbonyl (C=O) groups is 2. The molecule has 2 heterocycles. The van der Waals surface area contributed by atoms with Crippen molar-refractivity contribution in [2.45, 2.75) is 31.7 Å². The van der Waals surface area contributed by atoms with Crippen LogP contribution in [0, 0.1) is 5.92 Å². The average Bonchev–Trinajstić information content (AvgIpc) is 2.48. The Morgan fingerprint density at radius 3 is 2.78 bits per heavy atom. The predicted molar refractivity (Wildman–Crippen MR) is 85.9 cm³/mol. The summed E-state index contributed by atoms with van der Waals surface area (Å²) in [4.78, 5) is 27.9. The quantitative estimate of drug-likeness (QED) is 0.622. The van der Waals surface area contributed by atoms with Gasteiger partial charge in [0.2, 0.25) is 21.8 Å². The molecule has 2 aliphatic rings. The van der Waals surface area contributed by atoms with E-state index in [4.69, 9.17) is 5.73 Å². The summed E-state index contributed by atoms with van der Waals surface area (Å²) in [5.74, 6) is 0.413. The summed E-state index contributed by atoms with van der Waals surface area (Å²) in [5, 5.41) is 0. The molecule has 0 aromatic carbocycles. The number of nitrogens with one attached hydrogen (secondary N) is 1. The molecule has 132 valence electrons. The van der Waals surface area contributed by atoms with E-state index in [9.17, 15) is 18.0 Å². The minimum atomic E-state index is -3.27. The molecule has 0 radical (unpaired) electrons. The molecule has 8 nitrogen and oxygen atoms in total. The van der Waals surface area contributed by atoms with E-state index in [-0.39, 0.29) is 30.8 Å². The fourth-order valence-corrected chi connectivity index (χ4v) is 3.98. The van der Waals surface area contributed by atoms with E-state index in [0.717, 1.165) is 19.1 Å². The van der Waals surface area contributed by atoms with Crippen LogP contribution in [0.1, 0.15) is 25.7 Å². The van der Waals surface area contributed by atoms with E-state index in [1.54, 1.807) is 4.90 Å². The molecular formula is C14H26N4O4S. The summed E-state index contributed by atoms with van der Waals surface area (Å²) in [6, 6.07) is 0.179. The SMILES string of the molecule is CS(=O)(=O)NCCC(=O)N1CC[C@@H]2[C@@H](CCC(=O)N2CCN)C1. The van der Waals surface area contributed by atoms with E-state index in [0.29, 0.717) is 38.5 Å². The first kappa shape index (κ1) is 18.2. The van der Waals surface area contributed by atoms with Crippen LogP contribution in [0.4, 0.5) is 0 Å². The molecular weight excluding hydrogens is 320 g/mol. The Morgan fingerprint density at radius 2 is 2.13 bits per heavy atom. The van der Waals surface area contributed by atoms with Crippen LogP contribution in [0.5, 0.6) is 0 Å². The number of hydrogen-bond donors (Lipinski definition) is 2. The maximum atomic E-state index is 12.2. The van der Waals surface area contributed by atoms with Gasteiger partial charge in [0.15, 0.2) is 0 Å². The van der Waals surface area contributed by atoms with Gasteiger partial charge in [-0.05, 0) is 18.8 Å². The lowest BCUT2D eigenvalue weighted by atomic mass is 9.83. The molecule has 0 bridgehead atoms. The van der Waals surface area contributed by atoms with Gasteiger partial charge >= 0.3 is 0 Å². The van der Waals surface area contributed by atoms with Gasteiger partial charge in [0.05, 0.1) is 6.26 Å². The second kappa shape index (κ2) is 7.59. The van der Waals surface area contributed by atoms with Crippen molar-refractivity contribution in [3.63, 3.8) is 0 Å². The van der Waals surface area contributed by atoms with Gasteiger partial charge in [-0.25, -0.2) is 13.1 Å². The number of likely N-dealkylation sites (tertiary alicyclic amines) is 2. The number of carbonyl (C=O) groups excluding carboxylic acids is 2. The Bertz CT molecular complexity index is 551. The highest BCUT2D eigenvalue weighted by Gasteiger charge is 2.39. The first-order valence-corrected chi connectivity index (χ1v) is 9.93. The Balaban J connectivity index is 1.87. The number of nitrogens with two attached hydrogens (primary N) is 1. The van der Waals surface area contributed by atoms with E-state index >= 15 is 0 Å². The third-order valence-electron chi connectivity index (χ3n) is 4.57. The fraction of sp³-hybridized carbons (Fsp3) is 0.857. The zero-order valence-electron chi connectivity index (χ0n) is 13.5. The summed E-state index contributed by atoms with van der Waals surface area (Å²) in [7, 11) is -3.27. The van der Waals surface area contributed by atoms with Gasteiger partial charge in [-0.3, -0.25) is 9.59 Å². The van der Waals surface area contributed by atoms with Crippen LogP contribution in [-0.2, 0) is 19.6 Å². The molecule has 2 amide bonds. The number of rotatable bonds is 6. The van der Waals surface area contributed by atoms with E-state index in [2.05, 4.69) is 4.72 Å². The standard InChI is InChI=1S/C14H26N4O4S/c1-23(21,22)16-7-4-13(19)17-8-5-12-11(10-17)2-3-14(20)18(12)9-6-15/h11-12,16H,2-10,15H2,1H3/t11-,12+/m0/s1. The van der Waals surface area contributed by atoms with Gasteiger partial charge in [0, 0.05) is 51.6 Å². The highest BCUT2D eigenvalue weighted by atomic mass is 32.2. The first-order chi connectivity index (χ1) is 10.8. The lowest BCUT2D eigenvalue weighted by Gasteiger charge is -2.47. The topological polar surface area (TPSA) is 113 Å². The van der Waals surface area contributed by atoms with Crippen LogP contribution in [0.25, 0.3) is 0 Å². The molecule has 9 heteroatoms. The summed E-state index contributed by atoms with van der Waals surface area (Å²) >= 11 is 0. The molecule has 2 atom stereocenters. The van der Waals surface area contributed by atoms with Crippen molar-refractivity contribution in [2.24, 2.45) is 11.7 Å². The van der Waals surface area contributed by atoms with Gasteiger partial charge in [-0.2, -0.15) is 0 Å². The zero-order valence-corrected chi connectivity index (χ0v) is 14.3. The molecule has 0 saturated carbocycles. The number of fused-ring (bicyclic) bond motifs is 1. The van der Waals surface area contributed by atoms with Gasteiger partial charge in [-0.1, -0.05) is 0 Å². The van der Waals surface area contributed by atoms with Crippen molar-refractivity contribution in [1.82, 2.24) is 14.5 Å². The number of nitrogens with zero attached hydrogens (tertiary/aromatic N) is 2. The van der Waals surface area contributed by atoms with Crippen molar-refractivity contribution < 1.29 is 18.0 Å². The third-order valence-corrected chi connectivity index (χ3v) is 5.30. The average molecular weight is 346 g/mol. The van der Waals surface area contributed by atoms with Gasteiger partial charge in [0.1, 0.15) is 0 Å². The highest BCUT2D eigenvalue weighted by molar-refractivity contribution is 7.88. The van der Waals surface area contributed by atoms with Crippen LogP contribution in [0.2, 0.25) is 0 Å². The van der Waals surface area contributed by atoms with Crippen LogP contribution >= 0.6 is 0 Å². The summed E-state index contributed by atoms with van der Waals surface area (Å²) in [5.41, 5.74) is 5.59. The Hall–Kier alpha value is -1.19. The largest absolute Gasteiger partial charge is 0.342 e. The molecule has 3 N–H and O–H groups in total. The summed E-state index contributed by atoms with van der Waals surface area (Å²) < 4.78 is 24.4. The molecule has 2 saturated heterocycles. The Labute approximate surface area is 137 Å². The van der Waals surface area contributed by atoms with Crippen molar-refractivity contribution in [3.05, 3.63) is 0 Å². The lowest BCUT2D eigenvalue weighted by molar-refractivity contribution is -0.144. The van der Waals surface area contributed by atoms with E-state index in [1.165, 1.54) is 0 Å². The van der Waals surface area contributed by atoms with E-state index in [1.807, 2.05) is 4.90 Å².